The van der Waals surface area contributed by atoms with E-state index in [1.54, 1.807) is 13.0 Å². The van der Waals surface area contributed by atoms with Crippen molar-refractivity contribution in [3.05, 3.63) is 58.0 Å². The van der Waals surface area contributed by atoms with Gasteiger partial charge in [0.05, 0.1) is 11.0 Å². The summed E-state index contributed by atoms with van der Waals surface area (Å²) in [6.07, 6.45) is 0.659. The molecule has 0 fully saturated rings. The predicted octanol–water partition coefficient (Wildman–Crippen LogP) is 2.97. The van der Waals surface area contributed by atoms with Crippen molar-refractivity contribution in [3.63, 3.8) is 0 Å². The molecule has 0 aliphatic carbocycles. The fourth-order valence-corrected chi connectivity index (χ4v) is 1.55. The third kappa shape index (κ3) is 2.89. The number of hydrogen-bond donors (Lipinski definition) is 1. The number of aliphatic hydroxyl groups excluding tert-OH is 1. The number of aromatic nitrogens is 1. The van der Waals surface area contributed by atoms with Crippen LogP contribution in [0.1, 0.15) is 18.6 Å². The fourth-order valence-electron chi connectivity index (χ4n) is 1.55. The zero-order valence-corrected chi connectivity index (χ0v) is 10.5. The second kappa shape index (κ2) is 5.62. The van der Waals surface area contributed by atoms with Gasteiger partial charge in [0.2, 0.25) is 11.6 Å². The standard InChI is InChI=1S/C13H11FN2O4/c1-8(17)9-5-6-12(15-7-9)20-13-10(14)3-2-4-11(13)16(18)19/h2-8,17H,1H3/t8-/m0/s1. The molecule has 0 spiro atoms. The highest BCUT2D eigenvalue weighted by Gasteiger charge is 2.20. The lowest BCUT2D eigenvalue weighted by Gasteiger charge is -2.08. The van der Waals surface area contributed by atoms with Crippen LogP contribution >= 0.6 is 0 Å². The summed E-state index contributed by atoms with van der Waals surface area (Å²) in [7, 11) is 0. The van der Waals surface area contributed by atoms with Gasteiger partial charge >= 0.3 is 5.69 Å². The predicted molar refractivity (Wildman–Crippen MR) is 68.0 cm³/mol. The van der Waals surface area contributed by atoms with Gasteiger partial charge in [-0.15, -0.1) is 0 Å². The largest absolute Gasteiger partial charge is 0.429 e. The molecule has 2 rings (SSSR count). The van der Waals surface area contributed by atoms with E-state index in [0.717, 1.165) is 12.1 Å². The zero-order chi connectivity index (χ0) is 14.7. The molecule has 0 unspecified atom stereocenters. The molecule has 1 aromatic carbocycles. The first-order valence-electron chi connectivity index (χ1n) is 5.74. The van der Waals surface area contributed by atoms with E-state index in [4.69, 9.17) is 4.74 Å². The zero-order valence-electron chi connectivity index (χ0n) is 10.5. The molecule has 0 saturated carbocycles. The Bertz CT molecular complexity index is 629. The van der Waals surface area contributed by atoms with Crippen molar-refractivity contribution in [3.8, 4) is 11.6 Å². The maximum absolute atomic E-state index is 13.6. The Morgan fingerprint density at radius 3 is 2.70 bits per heavy atom. The van der Waals surface area contributed by atoms with Crippen LogP contribution in [0.15, 0.2) is 36.5 Å². The summed E-state index contributed by atoms with van der Waals surface area (Å²) in [6.45, 7) is 1.57. The van der Waals surface area contributed by atoms with Gasteiger partial charge < -0.3 is 9.84 Å². The Morgan fingerprint density at radius 2 is 2.15 bits per heavy atom. The van der Waals surface area contributed by atoms with Gasteiger partial charge in [-0.25, -0.2) is 9.37 Å². The number of nitro groups is 1. The van der Waals surface area contributed by atoms with Crippen LogP contribution in [0.3, 0.4) is 0 Å². The number of benzene rings is 1. The van der Waals surface area contributed by atoms with Crippen LogP contribution in [0.4, 0.5) is 10.1 Å². The third-order valence-corrected chi connectivity index (χ3v) is 2.59. The highest BCUT2D eigenvalue weighted by Crippen LogP contribution is 2.33. The van der Waals surface area contributed by atoms with Crippen molar-refractivity contribution in [2.45, 2.75) is 13.0 Å². The Labute approximate surface area is 113 Å². The van der Waals surface area contributed by atoms with Gasteiger partial charge in [-0.2, -0.15) is 0 Å². The molecular formula is C13H11FN2O4. The van der Waals surface area contributed by atoms with Crippen molar-refractivity contribution < 1.29 is 19.2 Å². The van der Waals surface area contributed by atoms with Crippen LogP contribution in [-0.2, 0) is 0 Å². The Kier molecular flexibility index (Phi) is 3.90. The summed E-state index contributed by atoms with van der Waals surface area (Å²) < 4.78 is 18.7. The third-order valence-electron chi connectivity index (χ3n) is 2.59. The van der Waals surface area contributed by atoms with Crippen molar-refractivity contribution in [2.75, 3.05) is 0 Å². The average molecular weight is 278 g/mol. The van der Waals surface area contributed by atoms with Crippen LogP contribution in [0.25, 0.3) is 0 Å². The molecule has 0 saturated heterocycles. The first kappa shape index (κ1) is 13.9. The quantitative estimate of drug-likeness (QED) is 0.686. The molecule has 0 radical (unpaired) electrons. The Hall–Kier alpha value is -2.54. The van der Waals surface area contributed by atoms with Gasteiger partial charge in [-0.1, -0.05) is 6.07 Å². The molecule has 1 aromatic heterocycles. The average Bonchev–Trinajstić information content (AvgIpc) is 2.41. The van der Waals surface area contributed by atoms with Crippen LogP contribution < -0.4 is 4.74 Å². The first-order chi connectivity index (χ1) is 9.49. The first-order valence-corrected chi connectivity index (χ1v) is 5.74. The monoisotopic (exact) mass is 278 g/mol. The number of nitro benzene ring substituents is 1. The summed E-state index contributed by atoms with van der Waals surface area (Å²) in [5.41, 5.74) is 0.0757. The highest BCUT2D eigenvalue weighted by atomic mass is 19.1. The second-order valence-corrected chi connectivity index (χ2v) is 4.05. The van der Waals surface area contributed by atoms with Gasteiger partial charge in [0.25, 0.3) is 0 Å². The van der Waals surface area contributed by atoms with Crippen molar-refractivity contribution in [1.82, 2.24) is 4.98 Å². The Morgan fingerprint density at radius 1 is 1.40 bits per heavy atom. The minimum absolute atomic E-state index is 0.00241. The summed E-state index contributed by atoms with van der Waals surface area (Å²) in [6, 6.07) is 6.37. The van der Waals surface area contributed by atoms with E-state index in [2.05, 4.69) is 4.98 Å². The van der Waals surface area contributed by atoms with E-state index >= 15 is 0 Å². The molecule has 1 heterocycles. The van der Waals surface area contributed by atoms with Crippen molar-refractivity contribution in [1.29, 1.82) is 0 Å². The SMILES string of the molecule is C[C@H](O)c1ccc(Oc2c(F)cccc2[N+](=O)[O-])nc1. The molecule has 7 heteroatoms. The molecule has 1 atom stereocenters. The topological polar surface area (TPSA) is 85.5 Å². The molecule has 20 heavy (non-hydrogen) atoms. The van der Waals surface area contributed by atoms with E-state index in [1.165, 1.54) is 18.3 Å². The van der Waals surface area contributed by atoms with Crippen molar-refractivity contribution in [2.24, 2.45) is 0 Å². The number of halogens is 1. The number of aliphatic hydroxyl groups is 1. The number of pyridine rings is 1. The summed E-state index contributed by atoms with van der Waals surface area (Å²) >= 11 is 0. The summed E-state index contributed by atoms with van der Waals surface area (Å²) in [4.78, 5) is 13.9. The fraction of sp³-hybridized carbons (Fsp3) is 0.154. The van der Waals surface area contributed by atoms with Crippen LogP contribution in [-0.4, -0.2) is 15.0 Å². The maximum Gasteiger partial charge on any atom is 0.314 e. The van der Waals surface area contributed by atoms with Crippen LogP contribution in [0, 0.1) is 15.9 Å². The number of hydrogen-bond acceptors (Lipinski definition) is 5. The van der Waals surface area contributed by atoms with E-state index in [0.29, 0.717) is 5.56 Å². The molecule has 0 aliphatic rings. The molecule has 0 bridgehead atoms. The maximum atomic E-state index is 13.6. The minimum Gasteiger partial charge on any atom is -0.429 e. The number of ether oxygens (including phenoxy) is 1. The molecular weight excluding hydrogens is 267 g/mol. The number of rotatable bonds is 4. The van der Waals surface area contributed by atoms with Gasteiger partial charge in [-0.05, 0) is 24.6 Å². The van der Waals surface area contributed by atoms with Crippen LogP contribution in [0.2, 0.25) is 0 Å². The van der Waals surface area contributed by atoms with Crippen molar-refractivity contribution >= 4 is 5.69 Å². The summed E-state index contributed by atoms with van der Waals surface area (Å²) in [5.74, 6) is -1.34. The molecule has 2 aromatic rings. The Balaban J connectivity index is 2.32. The molecule has 104 valence electrons. The smallest absolute Gasteiger partial charge is 0.314 e. The molecule has 0 amide bonds. The summed E-state index contributed by atoms with van der Waals surface area (Å²) in [5, 5.41) is 20.1. The normalized spacial score (nSPS) is 11.9. The second-order valence-electron chi connectivity index (χ2n) is 4.05. The van der Waals surface area contributed by atoms with Gasteiger partial charge in [-0.3, -0.25) is 10.1 Å². The van der Waals surface area contributed by atoms with Crippen LogP contribution in [0.5, 0.6) is 11.6 Å². The molecule has 1 N–H and O–H groups in total. The minimum atomic E-state index is -0.847. The lowest BCUT2D eigenvalue weighted by molar-refractivity contribution is -0.385. The van der Waals surface area contributed by atoms with E-state index in [1.807, 2.05) is 0 Å². The van der Waals surface area contributed by atoms with E-state index in [9.17, 15) is 19.6 Å². The van der Waals surface area contributed by atoms with Gasteiger partial charge in [0.15, 0.2) is 5.82 Å². The highest BCUT2D eigenvalue weighted by molar-refractivity contribution is 5.48. The van der Waals surface area contributed by atoms with Gasteiger partial charge in [0, 0.05) is 18.3 Å². The van der Waals surface area contributed by atoms with E-state index in [-0.39, 0.29) is 5.88 Å². The number of para-hydroxylation sites is 1. The molecule has 0 aliphatic heterocycles. The molecule has 6 nitrogen and oxygen atoms in total. The lowest BCUT2D eigenvalue weighted by atomic mass is 10.2. The van der Waals surface area contributed by atoms with Gasteiger partial charge in [0.1, 0.15) is 0 Å². The lowest BCUT2D eigenvalue weighted by Crippen LogP contribution is -1.98. The number of nitrogens with zero attached hydrogens (tertiary/aromatic N) is 2. The van der Waals surface area contributed by atoms with E-state index < -0.39 is 28.3 Å².